The first kappa shape index (κ1) is 71.1. The fraction of sp³-hybridized carbons (Fsp3) is 0.485. The SMILES string of the molecule is CCC(C)(C)C(=O)OC(C)C(F)(F)S(=O)(=O)[O-].CCC(C)(C)C(=O)OC1(C)Cc2ccccc2C1.CCC(C)(C)C(=O)OC1C2CC3C(=O)OC1C3O2.CCC(C)(C)C(=O)Oc1ccc(O)cc1.c1ccc([S+](c2ccccc2)c2ccccc2)cc1. The number of alkyl halides is 2. The predicted molar refractivity (Wildman–Crippen MR) is 327 cm³/mol. The smallest absolute Gasteiger partial charge is 0.369 e. The molecule has 6 unspecified atom stereocenters. The van der Waals surface area contributed by atoms with Gasteiger partial charge in [0.15, 0.2) is 43.1 Å². The van der Waals surface area contributed by atoms with Gasteiger partial charge in [0.25, 0.3) is 0 Å². The van der Waals surface area contributed by atoms with Crippen molar-refractivity contribution in [2.24, 2.45) is 27.6 Å². The van der Waals surface area contributed by atoms with Gasteiger partial charge in [0.1, 0.15) is 23.2 Å². The van der Waals surface area contributed by atoms with Crippen LogP contribution in [0.1, 0.15) is 140 Å². The molecule has 0 saturated carbocycles. The number of carbonyl (C=O) groups excluding carboxylic acids is 5. The number of halogens is 2. The lowest BCUT2D eigenvalue weighted by atomic mass is 9.87. The highest BCUT2D eigenvalue weighted by Crippen LogP contribution is 2.48. The number of esters is 5. The summed E-state index contributed by atoms with van der Waals surface area (Å²) in [5, 5.41) is 4.42. The van der Waals surface area contributed by atoms with Gasteiger partial charge in [-0.15, -0.1) is 0 Å². The molecule has 474 valence electrons. The topological polar surface area (TPSA) is 218 Å². The molecule has 0 aromatic heterocycles. The zero-order valence-electron chi connectivity index (χ0n) is 52.4. The lowest BCUT2D eigenvalue weighted by molar-refractivity contribution is -0.170. The van der Waals surface area contributed by atoms with Crippen molar-refractivity contribution in [2.75, 3.05) is 0 Å². The van der Waals surface area contributed by atoms with Crippen LogP contribution in [0.25, 0.3) is 0 Å². The Morgan fingerprint density at radius 3 is 1.46 bits per heavy atom. The number of carbonyl (C=O) groups is 5. The van der Waals surface area contributed by atoms with Crippen LogP contribution >= 0.6 is 0 Å². The summed E-state index contributed by atoms with van der Waals surface area (Å²) in [6.45, 7) is 24.5. The molecule has 3 aliphatic heterocycles. The van der Waals surface area contributed by atoms with Crippen LogP contribution < -0.4 is 4.74 Å². The Balaban J connectivity index is 0.000000199. The summed E-state index contributed by atoms with van der Waals surface area (Å²) in [4.78, 5) is 63.0. The first-order chi connectivity index (χ1) is 40.6. The molecule has 2 bridgehead atoms. The van der Waals surface area contributed by atoms with Gasteiger partial charge in [0.2, 0.25) is 0 Å². The monoisotopic (exact) mass is 1240 g/mol. The minimum Gasteiger partial charge on any atom is -0.743 e. The third-order valence-corrected chi connectivity index (χ3v) is 19.7. The highest BCUT2D eigenvalue weighted by atomic mass is 32.2. The van der Waals surface area contributed by atoms with Crippen molar-refractivity contribution in [3.05, 3.63) is 151 Å². The van der Waals surface area contributed by atoms with Crippen molar-refractivity contribution in [2.45, 2.75) is 198 Å². The van der Waals surface area contributed by atoms with Gasteiger partial charge in [-0.3, -0.25) is 24.0 Å². The van der Waals surface area contributed by atoms with Crippen LogP contribution in [0.2, 0.25) is 0 Å². The molecule has 9 rings (SSSR count). The highest BCUT2D eigenvalue weighted by molar-refractivity contribution is 7.97. The molecule has 87 heavy (non-hydrogen) atoms. The summed E-state index contributed by atoms with van der Waals surface area (Å²) in [6.07, 6.45) is 1.33. The van der Waals surface area contributed by atoms with E-state index in [0.29, 0.717) is 31.9 Å². The molecular weight excluding hydrogens is 1160 g/mol. The second-order valence-electron chi connectivity index (χ2n) is 24.9. The van der Waals surface area contributed by atoms with Gasteiger partial charge in [-0.1, -0.05) is 107 Å². The maximum absolute atomic E-state index is 13.0. The van der Waals surface area contributed by atoms with E-state index in [4.69, 9.17) is 28.8 Å². The minimum atomic E-state index is -5.86. The van der Waals surface area contributed by atoms with E-state index in [1.54, 1.807) is 19.1 Å². The van der Waals surface area contributed by atoms with Gasteiger partial charge in [0.05, 0.1) is 44.6 Å². The largest absolute Gasteiger partial charge is 0.743 e. The first-order valence-electron chi connectivity index (χ1n) is 29.4. The van der Waals surface area contributed by atoms with E-state index in [0.717, 1.165) is 25.7 Å². The number of hydrogen-bond donors (Lipinski definition) is 1. The van der Waals surface area contributed by atoms with Crippen molar-refractivity contribution in [1.29, 1.82) is 0 Å². The Morgan fingerprint density at radius 1 is 0.632 bits per heavy atom. The molecule has 0 spiro atoms. The van der Waals surface area contributed by atoms with Crippen molar-refractivity contribution in [3.8, 4) is 11.5 Å². The molecule has 1 N–H and O–H groups in total. The van der Waals surface area contributed by atoms with Crippen LogP contribution in [-0.2, 0) is 81.5 Å². The van der Waals surface area contributed by atoms with Gasteiger partial charge < -0.3 is 38.1 Å². The van der Waals surface area contributed by atoms with E-state index in [1.165, 1.54) is 51.8 Å². The minimum absolute atomic E-state index is 0.0146. The number of rotatable bonds is 17. The molecule has 19 heteroatoms. The third kappa shape index (κ3) is 18.5. The lowest BCUT2D eigenvalue weighted by Gasteiger charge is -2.30. The van der Waals surface area contributed by atoms with Gasteiger partial charge >= 0.3 is 35.1 Å². The second kappa shape index (κ2) is 29.6. The van der Waals surface area contributed by atoms with Crippen LogP contribution in [-0.4, -0.2) is 89.3 Å². The number of ether oxygens (including phenoxy) is 6. The summed E-state index contributed by atoms with van der Waals surface area (Å²) >= 11 is 0. The van der Waals surface area contributed by atoms with E-state index in [-0.39, 0.29) is 64.2 Å². The average molecular weight is 1250 g/mol. The average Bonchev–Trinajstić information content (AvgIpc) is 1.60. The molecule has 0 amide bonds. The van der Waals surface area contributed by atoms with Gasteiger partial charge in [-0.05, 0) is 173 Å². The molecule has 3 heterocycles. The van der Waals surface area contributed by atoms with E-state index >= 15 is 0 Å². The van der Waals surface area contributed by atoms with Crippen LogP contribution in [0, 0.1) is 27.6 Å². The Morgan fingerprint density at radius 2 is 1.03 bits per heavy atom. The van der Waals surface area contributed by atoms with E-state index < -0.39 is 61.3 Å². The summed E-state index contributed by atoms with van der Waals surface area (Å²) in [6, 6.07) is 46.6. The van der Waals surface area contributed by atoms with Crippen LogP contribution in [0.3, 0.4) is 0 Å². The molecule has 3 saturated heterocycles. The standard InChI is InChI=1S/C18H15S.C16H22O2.C13H18O5.C12H16O3.C9H16F2O5S/c1-4-10-16(11-5-1)19(17-12-6-2-7-13-17)18-14-8-3-9-15-18;1-5-15(2,3)14(17)18-16(4)10-12-8-6-7-9-13(12)11-16;1-4-13(2,3)12(15)18-9-7-5-6-8(16-7)10(9)17-11(6)14;1-4-12(2,3)11(14)15-10-7-5-9(13)6-8-10;1-5-8(3,4)7(12)16-6(2)9(10,11)17(13,14)15/h1-15H;6-9H,5,10-11H2,1-4H3;6-10H,4-5H2,1-3H3;5-8,13H,4H2,1-3H3;6H,5H2,1-4H3,(H,13,14,15)/q+1;;;;/p-1. The molecule has 5 aromatic carbocycles. The van der Waals surface area contributed by atoms with Gasteiger partial charge in [0, 0.05) is 12.8 Å². The molecule has 6 atom stereocenters. The van der Waals surface area contributed by atoms with Crippen molar-refractivity contribution in [1.82, 2.24) is 0 Å². The molecule has 4 aliphatic rings. The van der Waals surface area contributed by atoms with Gasteiger partial charge in [-0.2, -0.15) is 8.78 Å². The summed E-state index contributed by atoms with van der Waals surface area (Å²) in [7, 11) is -5.87. The zero-order chi connectivity index (χ0) is 64.9. The van der Waals surface area contributed by atoms with E-state index in [1.807, 2.05) is 81.4 Å². The fourth-order valence-corrected chi connectivity index (χ4v) is 11.4. The Hall–Kier alpha value is -6.67. The van der Waals surface area contributed by atoms with E-state index in [2.05, 4.69) is 108 Å². The Bertz CT molecular complexity index is 3090. The highest BCUT2D eigenvalue weighted by Gasteiger charge is 2.65. The van der Waals surface area contributed by atoms with Crippen molar-refractivity contribution in [3.63, 3.8) is 0 Å². The number of phenolic OH excluding ortho intramolecular Hbond substituents is 1. The number of fused-ring (bicyclic) bond motifs is 2. The molecule has 1 aliphatic carbocycles. The normalized spacial score (nSPS) is 19.3. The zero-order valence-corrected chi connectivity index (χ0v) is 54.1. The number of benzene rings is 5. The number of hydrogen-bond acceptors (Lipinski definition) is 15. The Labute approximate surface area is 515 Å². The van der Waals surface area contributed by atoms with Crippen molar-refractivity contribution >= 4 is 50.9 Å². The fourth-order valence-electron chi connectivity index (χ4n) is 8.88. The van der Waals surface area contributed by atoms with Crippen molar-refractivity contribution < 1.29 is 79.3 Å². The maximum Gasteiger partial charge on any atom is 0.369 e. The summed E-state index contributed by atoms with van der Waals surface area (Å²) in [5.74, 6) is -1.30. The molecule has 15 nitrogen and oxygen atoms in total. The number of aromatic hydroxyl groups is 1. The third-order valence-electron chi connectivity index (χ3n) is 16.4. The summed E-state index contributed by atoms with van der Waals surface area (Å²) < 4.78 is 88.7. The van der Waals surface area contributed by atoms with Gasteiger partial charge in [-0.25, -0.2) is 8.42 Å². The first-order valence-corrected chi connectivity index (χ1v) is 32.0. The second-order valence-corrected chi connectivity index (χ2v) is 28.3. The Kier molecular flexibility index (Phi) is 24.1. The molecular formula is C68H86F2O15S2. The quantitative estimate of drug-likeness (QED) is 0.0301. The lowest BCUT2D eigenvalue weighted by Crippen LogP contribution is -2.44. The van der Waals surface area contributed by atoms with Crippen LogP contribution in [0.15, 0.2) is 154 Å². The van der Waals surface area contributed by atoms with Crippen LogP contribution in [0.4, 0.5) is 8.78 Å². The molecule has 3 fully saturated rings. The molecule has 0 radical (unpaired) electrons. The maximum atomic E-state index is 13.0. The van der Waals surface area contributed by atoms with Crippen LogP contribution in [0.5, 0.6) is 11.5 Å². The summed E-state index contributed by atoms with van der Waals surface area (Å²) in [5.41, 5.74) is -0.145. The van der Waals surface area contributed by atoms with E-state index in [9.17, 15) is 45.7 Å². The predicted octanol–water partition coefficient (Wildman–Crippen LogP) is 13.6. The number of phenols is 1. The molecule has 5 aromatic rings.